The molecule has 0 aliphatic heterocycles. The van der Waals surface area contributed by atoms with Gasteiger partial charge in [-0.2, -0.15) is 0 Å². The van der Waals surface area contributed by atoms with Crippen molar-refractivity contribution < 1.29 is 9.53 Å². The molecule has 0 radical (unpaired) electrons. The summed E-state index contributed by atoms with van der Waals surface area (Å²) in [5.41, 5.74) is 1.20. The summed E-state index contributed by atoms with van der Waals surface area (Å²) in [6.07, 6.45) is 0.857. The first-order valence-corrected chi connectivity index (χ1v) is 5.69. The maximum absolute atomic E-state index is 11.5. The van der Waals surface area contributed by atoms with Crippen LogP contribution in [0, 0.1) is 0 Å². The third-order valence-electron chi connectivity index (χ3n) is 2.65. The number of methoxy groups -OCH3 is 1. The summed E-state index contributed by atoms with van der Waals surface area (Å²) in [6, 6.07) is 7.92. The van der Waals surface area contributed by atoms with Gasteiger partial charge in [-0.25, -0.2) is 0 Å². The summed E-state index contributed by atoms with van der Waals surface area (Å²) in [5, 5.41) is 2.85. The highest BCUT2D eigenvalue weighted by atomic mass is 16.5. The van der Waals surface area contributed by atoms with Crippen LogP contribution in [0.1, 0.15) is 5.56 Å². The summed E-state index contributed by atoms with van der Waals surface area (Å²) in [5.74, 6) is 0.967. The van der Waals surface area contributed by atoms with Gasteiger partial charge >= 0.3 is 0 Å². The zero-order valence-electron chi connectivity index (χ0n) is 10.7. The molecule has 4 heteroatoms. The number of likely N-dealkylation sites (N-methyl/N-ethyl adjacent to an activating group) is 2. The molecule has 0 unspecified atom stereocenters. The van der Waals surface area contributed by atoms with Gasteiger partial charge < -0.3 is 15.0 Å². The van der Waals surface area contributed by atoms with Gasteiger partial charge in [-0.15, -0.1) is 0 Å². The van der Waals surface area contributed by atoms with Crippen LogP contribution in [0.5, 0.6) is 5.75 Å². The lowest BCUT2D eigenvalue weighted by Crippen LogP contribution is -2.35. The Morgan fingerprint density at radius 2 is 2.00 bits per heavy atom. The molecule has 4 nitrogen and oxygen atoms in total. The Balaban J connectivity index is 2.41. The van der Waals surface area contributed by atoms with Crippen molar-refractivity contribution in [2.45, 2.75) is 6.42 Å². The van der Waals surface area contributed by atoms with Crippen molar-refractivity contribution in [3.05, 3.63) is 29.8 Å². The van der Waals surface area contributed by atoms with Crippen LogP contribution in [0.3, 0.4) is 0 Å². The zero-order valence-corrected chi connectivity index (χ0v) is 10.7. The fourth-order valence-electron chi connectivity index (χ4n) is 1.50. The first kappa shape index (κ1) is 13.5. The minimum atomic E-state index is 0.112. The number of carbonyl (C=O) groups excluding carboxylic acids is 1. The molecule has 0 heterocycles. The highest BCUT2D eigenvalue weighted by Crippen LogP contribution is 2.11. The highest BCUT2D eigenvalue weighted by Gasteiger charge is 2.06. The number of hydrogen-bond donors (Lipinski definition) is 1. The van der Waals surface area contributed by atoms with E-state index in [-0.39, 0.29) is 5.91 Å². The van der Waals surface area contributed by atoms with Crippen LogP contribution in [0.15, 0.2) is 24.3 Å². The molecule has 1 N–H and O–H groups in total. The SMILES string of the molecule is CNCC(=O)N(C)CCc1ccc(OC)cc1. The third kappa shape index (κ3) is 4.44. The molecular formula is C13H20N2O2. The molecule has 1 amide bonds. The van der Waals surface area contributed by atoms with Gasteiger partial charge in [0.2, 0.25) is 5.91 Å². The normalized spacial score (nSPS) is 10.1. The van der Waals surface area contributed by atoms with Crippen molar-refractivity contribution in [2.75, 3.05) is 34.3 Å². The zero-order chi connectivity index (χ0) is 12.7. The molecule has 1 aromatic rings. The molecule has 17 heavy (non-hydrogen) atoms. The van der Waals surface area contributed by atoms with Crippen LogP contribution in [-0.2, 0) is 11.2 Å². The average Bonchev–Trinajstić information content (AvgIpc) is 2.36. The molecule has 0 bridgehead atoms. The van der Waals surface area contributed by atoms with Crippen LogP contribution in [0.25, 0.3) is 0 Å². The van der Waals surface area contributed by atoms with Crippen molar-refractivity contribution >= 4 is 5.91 Å². The number of nitrogens with zero attached hydrogens (tertiary/aromatic N) is 1. The number of carbonyl (C=O) groups is 1. The van der Waals surface area contributed by atoms with E-state index in [0.717, 1.165) is 18.7 Å². The summed E-state index contributed by atoms with van der Waals surface area (Å²) >= 11 is 0. The Bertz CT molecular complexity index is 349. The van der Waals surface area contributed by atoms with Gasteiger partial charge in [-0.3, -0.25) is 4.79 Å². The minimum Gasteiger partial charge on any atom is -0.497 e. The molecule has 0 saturated carbocycles. The molecule has 0 fully saturated rings. The van der Waals surface area contributed by atoms with Gasteiger partial charge in [0.25, 0.3) is 0 Å². The Morgan fingerprint density at radius 1 is 1.35 bits per heavy atom. The van der Waals surface area contributed by atoms with E-state index in [1.807, 2.05) is 31.3 Å². The number of amides is 1. The van der Waals surface area contributed by atoms with Gasteiger partial charge in [-0.05, 0) is 31.2 Å². The van der Waals surface area contributed by atoms with E-state index in [4.69, 9.17) is 4.74 Å². The summed E-state index contributed by atoms with van der Waals surface area (Å²) in [4.78, 5) is 13.2. The van der Waals surface area contributed by atoms with Crippen LogP contribution >= 0.6 is 0 Å². The number of benzene rings is 1. The third-order valence-corrected chi connectivity index (χ3v) is 2.65. The first-order chi connectivity index (χ1) is 8.17. The molecule has 0 saturated heterocycles. The Kier molecular flexibility index (Phi) is 5.49. The van der Waals surface area contributed by atoms with E-state index in [2.05, 4.69) is 5.32 Å². The molecule has 1 rings (SSSR count). The highest BCUT2D eigenvalue weighted by molar-refractivity contribution is 5.77. The predicted molar refractivity (Wildman–Crippen MR) is 68.3 cm³/mol. The van der Waals surface area contributed by atoms with Crippen molar-refractivity contribution in [1.29, 1.82) is 0 Å². The second-order valence-electron chi connectivity index (χ2n) is 3.94. The quantitative estimate of drug-likeness (QED) is 0.798. The Labute approximate surface area is 103 Å². The second kappa shape index (κ2) is 6.91. The van der Waals surface area contributed by atoms with Gasteiger partial charge in [0.1, 0.15) is 5.75 Å². The van der Waals surface area contributed by atoms with Crippen molar-refractivity contribution in [3.63, 3.8) is 0 Å². The number of ether oxygens (including phenoxy) is 1. The fraction of sp³-hybridized carbons (Fsp3) is 0.462. The number of hydrogen-bond acceptors (Lipinski definition) is 3. The van der Waals surface area contributed by atoms with Crippen LogP contribution in [-0.4, -0.2) is 45.1 Å². The molecule has 0 atom stereocenters. The van der Waals surface area contributed by atoms with Gasteiger partial charge in [0, 0.05) is 13.6 Å². The average molecular weight is 236 g/mol. The summed E-state index contributed by atoms with van der Waals surface area (Å²) < 4.78 is 5.09. The van der Waals surface area contributed by atoms with Crippen LogP contribution in [0.2, 0.25) is 0 Å². The fourth-order valence-corrected chi connectivity index (χ4v) is 1.50. The van der Waals surface area contributed by atoms with Crippen molar-refractivity contribution in [1.82, 2.24) is 10.2 Å². The van der Waals surface area contributed by atoms with Crippen molar-refractivity contribution in [2.24, 2.45) is 0 Å². The van der Waals surface area contributed by atoms with E-state index in [1.54, 1.807) is 19.1 Å². The molecule has 0 spiro atoms. The maximum Gasteiger partial charge on any atom is 0.236 e. The molecule has 0 aromatic heterocycles. The molecule has 94 valence electrons. The lowest BCUT2D eigenvalue weighted by atomic mass is 10.1. The Hall–Kier alpha value is -1.55. The molecule has 0 aliphatic carbocycles. The van der Waals surface area contributed by atoms with Gasteiger partial charge in [0.05, 0.1) is 13.7 Å². The molecular weight excluding hydrogens is 216 g/mol. The number of nitrogens with one attached hydrogen (secondary N) is 1. The standard InChI is InChI=1S/C13H20N2O2/c1-14-10-13(16)15(2)9-8-11-4-6-12(17-3)7-5-11/h4-7,14H,8-10H2,1-3H3. The van der Waals surface area contributed by atoms with Crippen LogP contribution in [0.4, 0.5) is 0 Å². The van der Waals surface area contributed by atoms with E-state index in [9.17, 15) is 4.79 Å². The maximum atomic E-state index is 11.5. The van der Waals surface area contributed by atoms with E-state index in [1.165, 1.54) is 5.56 Å². The van der Waals surface area contributed by atoms with E-state index >= 15 is 0 Å². The summed E-state index contributed by atoms with van der Waals surface area (Å²) in [6.45, 7) is 1.12. The van der Waals surface area contributed by atoms with Gasteiger partial charge in [0.15, 0.2) is 0 Å². The lowest BCUT2D eigenvalue weighted by Gasteiger charge is -2.16. The number of rotatable bonds is 6. The van der Waals surface area contributed by atoms with E-state index in [0.29, 0.717) is 6.54 Å². The largest absolute Gasteiger partial charge is 0.497 e. The lowest BCUT2D eigenvalue weighted by molar-refractivity contribution is -0.128. The van der Waals surface area contributed by atoms with E-state index < -0.39 is 0 Å². The van der Waals surface area contributed by atoms with Crippen LogP contribution < -0.4 is 10.1 Å². The predicted octanol–water partition coefficient (Wildman–Crippen LogP) is 0.915. The second-order valence-corrected chi connectivity index (χ2v) is 3.94. The first-order valence-electron chi connectivity index (χ1n) is 5.69. The van der Waals surface area contributed by atoms with Crippen molar-refractivity contribution in [3.8, 4) is 5.75 Å². The monoisotopic (exact) mass is 236 g/mol. The molecule has 0 aliphatic rings. The summed E-state index contributed by atoms with van der Waals surface area (Å²) in [7, 11) is 5.25. The smallest absolute Gasteiger partial charge is 0.236 e. The Morgan fingerprint density at radius 3 is 2.53 bits per heavy atom. The minimum absolute atomic E-state index is 0.112. The topological polar surface area (TPSA) is 41.6 Å². The molecule has 1 aromatic carbocycles. The van der Waals surface area contributed by atoms with Gasteiger partial charge in [-0.1, -0.05) is 12.1 Å².